The molecule has 0 bridgehead atoms. The zero-order valence-corrected chi connectivity index (χ0v) is 10.5. The van der Waals surface area contributed by atoms with Crippen LogP contribution in [-0.4, -0.2) is 6.54 Å². The predicted molar refractivity (Wildman–Crippen MR) is 70.0 cm³/mol. The van der Waals surface area contributed by atoms with Gasteiger partial charge in [0.1, 0.15) is 5.76 Å². The first kappa shape index (κ1) is 11.9. The van der Waals surface area contributed by atoms with Crippen molar-refractivity contribution in [2.24, 2.45) is 0 Å². The number of rotatable bonds is 5. The third-order valence-corrected chi connectivity index (χ3v) is 2.93. The van der Waals surface area contributed by atoms with Crippen molar-refractivity contribution in [2.45, 2.75) is 26.8 Å². The minimum Gasteiger partial charge on any atom is -0.468 e. The normalized spacial score (nSPS) is 10.7. The summed E-state index contributed by atoms with van der Waals surface area (Å²) in [7, 11) is 0. The van der Waals surface area contributed by atoms with Gasteiger partial charge >= 0.3 is 0 Å². The van der Waals surface area contributed by atoms with Crippen molar-refractivity contribution in [3.05, 3.63) is 59.0 Å². The first-order chi connectivity index (χ1) is 8.25. The molecule has 0 amide bonds. The molecule has 0 saturated heterocycles. The summed E-state index contributed by atoms with van der Waals surface area (Å²) >= 11 is 0. The Bertz CT molecular complexity index is 473. The molecule has 2 rings (SSSR count). The molecule has 0 aliphatic rings. The van der Waals surface area contributed by atoms with E-state index in [2.05, 4.69) is 43.4 Å². The van der Waals surface area contributed by atoms with E-state index >= 15 is 0 Å². The van der Waals surface area contributed by atoms with E-state index in [4.69, 9.17) is 4.42 Å². The van der Waals surface area contributed by atoms with E-state index in [1.807, 2.05) is 6.07 Å². The lowest BCUT2D eigenvalue weighted by atomic mass is 10.1. The first-order valence-corrected chi connectivity index (χ1v) is 6.05. The van der Waals surface area contributed by atoms with E-state index in [1.165, 1.54) is 16.7 Å². The molecule has 0 fully saturated rings. The van der Waals surface area contributed by atoms with Gasteiger partial charge in [0.05, 0.1) is 12.8 Å². The molecule has 0 radical (unpaired) electrons. The van der Waals surface area contributed by atoms with Gasteiger partial charge in [-0.1, -0.05) is 29.8 Å². The smallest absolute Gasteiger partial charge is 0.120 e. The number of hydrogen-bond donors (Lipinski definition) is 1. The second-order valence-corrected chi connectivity index (χ2v) is 4.44. The number of furan rings is 1. The number of aryl methyl sites for hydroxylation is 2. The van der Waals surface area contributed by atoms with Crippen molar-refractivity contribution < 1.29 is 4.42 Å². The third kappa shape index (κ3) is 3.46. The molecule has 17 heavy (non-hydrogen) atoms. The van der Waals surface area contributed by atoms with Gasteiger partial charge < -0.3 is 9.73 Å². The highest BCUT2D eigenvalue weighted by molar-refractivity contribution is 5.22. The van der Waals surface area contributed by atoms with E-state index < -0.39 is 0 Å². The maximum absolute atomic E-state index is 5.37. The van der Waals surface area contributed by atoms with Crippen LogP contribution < -0.4 is 5.32 Å². The molecule has 2 heteroatoms. The van der Waals surface area contributed by atoms with Crippen molar-refractivity contribution in [1.29, 1.82) is 0 Å². The Morgan fingerprint density at radius 3 is 2.76 bits per heavy atom. The molecule has 0 unspecified atom stereocenters. The summed E-state index contributed by atoms with van der Waals surface area (Å²) in [6.07, 6.45) is 2.80. The van der Waals surface area contributed by atoms with Gasteiger partial charge in [-0.05, 0) is 44.0 Å². The average Bonchev–Trinajstić information content (AvgIpc) is 2.71. The Morgan fingerprint density at radius 2 is 2.06 bits per heavy atom. The zero-order valence-electron chi connectivity index (χ0n) is 10.5. The van der Waals surface area contributed by atoms with E-state index in [1.54, 1.807) is 6.26 Å². The molecule has 0 spiro atoms. The molecule has 1 aromatic heterocycles. The summed E-state index contributed by atoms with van der Waals surface area (Å²) in [5.41, 5.74) is 3.92. The Balaban J connectivity index is 1.75. The molecule has 2 nitrogen and oxygen atoms in total. The van der Waals surface area contributed by atoms with Crippen LogP contribution in [0.15, 0.2) is 41.0 Å². The summed E-state index contributed by atoms with van der Waals surface area (Å²) in [6.45, 7) is 5.98. The molecule has 0 aliphatic heterocycles. The SMILES string of the molecule is Cc1cccc(CCNCc2occc2C)c1. The highest BCUT2D eigenvalue weighted by atomic mass is 16.3. The van der Waals surface area contributed by atoms with Gasteiger partial charge in [-0.15, -0.1) is 0 Å². The van der Waals surface area contributed by atoms with Gasteiger partial charge in [0.2, 0.25) is 0 Å². The van der Waals surface area contributed by atoms with Crippen molar-refractivity contribution in [1.82, 2.24) is 5.32 Å². The Morgan fingerprint density at radius 1 is 1.18 bits per heavy atom. The van der Waals surface area contributed by atoms with Crippen LogP contribution in [0.2, 0.25) is 0 Å². The van der Waals surface area contributed by atoms with Gasteiger partial charge in [0.25, 0.3) is 0 Å². The highest BCUT2D eigenvalue weighted by Gasteiger charge is 2.00. The molecular weight excluding hydrogens is 210 g/mol. The second kappa shape index (κ2) is 5.69. The molecule has 1 aromatic carbocycles. The summed E-state index contributed by atoms with van der Waals surface area (Å²) in [5.74, 6) is 1.04. The van der Waals surface area contributed by atoms with Crippen LogP contribution >= 0.6 is 0 Å². The monoisotopic (exact) mass is 229 g/mol. The van der Waals surface area contributed by atoms with Gasteiger partial charge in [-0.3, -0.25) is 0 Å². The van der Waals surface area contributed by atoms with Crippen LogP contribution in [-0.2, 0) is 13.0 Å². The quantitative estimate of drug-likeness (QED) is 0.796. The van der Waals surface area contributed by atoms with Crippen LogP contribution in [0.3, 0.4) is 0 Å². The lowest BCUT2D eigenvalue weighted by molar-refractivity contribution is 0.481. The fraction of sp³-hybridized carbons (Fsp3) is 0.333. The van der Waals surface area contributed by atoms with Crippen LogP contribution in [0, 0.1) is 13.8 Å². The minimum atomic E-state index is 0.810. The maximum Gasteiger partial charge on any atom is 0.120 e. The Kier molecular flexibility index (Phi) is 3.99. The molecule has 1 heterocycles. The van der Waals surface area contributed by atoms with Crippen molar-refractivity contribution in [3.8, 4) is 0 Å². The van der Waals surface area contributed by atoms with Crippen molar-refractivity contribution in [2.75, 3.05) is 6.54 Å². The molecule has 0 atom stereocenters. The topological polar surface area (TPSA) is 25.2 Å². The number of benzene rings is 1. The second-order valence-electron chi connectivity index (χ2n) is 4.44. The Labute approximate surface area is 103 Å². The maximum atomic E-state index is 5.37. The van der Waals surface area contributed by atoms with Crippen molar-refractivity contribution in [3.63, 3.8) is 0 Å². The van der Waals surface area contributed by atoms with E-state index in [-0.39, 0.29) is 0 Å². The molecule has 1 N–H and O–H groups in total. The lowest BCUT2D eigenvalue weighted by Gasteiger charge is -2.04. The largest absolute Gasteiger partial charge is 0.468 e. The van der Waals surface area contributed by atoms with Crippen LogP contribution in [0.1, 0.15) is 22.5 Å². The summed E-state index contributed by atoms with van der Waals surface area (Å²) in [4.78, 5) is 0. The molecule has 0 aliphatic carbocycles. The van der Waals surface area contributed by atoms with E-state index in [0.29, 0.717) is 0 Å². The standard InChI is InChI=1S/C15H19NO/c1-12-4-3-5-14(10-12)6-8-16-11-15-13(2)7-9-17-15/h3-5,7,9-10,16H,6,8,11H2,1-2H3. The summed E-state index contributed by atoms with van der Waals surface area (Å²) < 4.78 is 5.37. The predicted octanol–water partition coefficient (Wildman–Crippen LogP) is 3.23. The molecular formula is C15H19NO. The summed E-state index contributed by atoms with van der Waals surface area (Å²) in [5, 5.41) is 3.40. The van der Waals surface area contributed by atoms with Gasteiger partial charge in [0, 0.05) is 0 Å². The molecule has 0 saturated carbocycles. The fourth-order valence-electron chi connectivity index (χ4n) is 1.89. The first-order valence-electron chi connectivity index (χ1n) is 6.05. The van der Waals surface area contributed by atoms with Crippen LogP contribution in [0.4, 0.5) is 0 Å². The van der Waals surface area contributed by atoms with Gasteiger partial charge in [-0.25, -0.2) is 0 Å². The number of nitrogens with one attached hydrogen (secondary N) is 1. The third-order valence-electron chi connectivity index (χ3n) is 2.93. The van der Waals surface area contributed by atoms with E-state index in [0.717, 1.165) is 25.3 Å². The van der Waals surface area contributed by atoms with Crippen LogP contribution in [0.25, 0.3) is 0 Å². The highest BCUT2D eigenvalue weighted by Crippen LogP contribution is 2.08. The Hall–Kier alpha value is -1.54. The lowest BCUT2D eigenvalue weighted by Crippen LogP contribution is -2.16. The number of hydrogen-bond acceptors (Lipinski definition) is 2. The van der Waals surface area contributed by atoms with Crippen LogP contribution in [0.5, 0.6) is 0 Å². The fourth-order valence-corrected chi connectivity index (χ4v) is 1.89. The van der Waals surface area contributed by atoms with Gasteiger partial charge in [-0.2, -0.15) is 0 Å². The molecule has 2 aromatic rings. The summed E-state index contributed by atoms with van der Waals surface area (Å²) in [6, 6.07) is 10.6. The average molecular weight is 229 g/mol. The van der Waals surface area contributed by atoms with E-state index in [9.17, 15) is 0 Å². The minimum absolute atomic E-state index is 0.810. The van der Waals surface area contributed by atoms with Gasteiger partial charge in [0.15, 0.2) is 0 Å². The van der Waals surface area contributed by atoms with Crippen molar-refractivity contribution >= 4 is 0 Å². The molecule has 90 valence electrons. The zero-order chi connectivity index (χ0) is 12.1.